The molecule has 82 valence electrons. The molecule has 0 spiro atoms. The first-order chi connectivity index (χ1) is 7.20. The van der Waals surface area contributed by atoms with Crippen molar-refractivity contribution in [2.45, 2.75) is 12.0 Å². The highest BCUT2D eigenvalue weighted by Gasteiger charge is 2.20. The molecule has 0 aromatic heterocycles. The highest BCUT2D eigenvalue weighted by atomic mass is 16.3. The van der Waals surface area contributed by atoms with Gasteiger partial charge in [-0.1, -0.05) is 42.5 Å². The van der Waals surface area contributed by atoms with Gasteiger partial charge in [0.15, 0.2) is 0 Å². The fourth-order valence-corrected chi connectivity index (χ4v) is 1.17. The van der Waals surface area contributed by atoms with Crippen molar-refractivity contribution >= 4 is 6.08 Å². The molecular formula is C12H17NO2. The molecule has 3 nitrogen and oxygen atoms in total. The molecule has 0 aliphatic rings. The smallest absolute Gasteiger partial charge is 0.0658 e. The number of aliphatic hydroxyl groups is 2. The van der Waals surface area contributed by atoms with E-state index in [1.807, 2.05) is 42.5 Å². The quantitative estimate of drug-likeness (QED) is 0.668. The van der Waals surface area contributed by atoms with Gasteiger partial charge in [0.2, 0.25) is 0 Å². The van der Waals surface area contributed by atoms with Crippen LogP contribution in [0, 0.1) is 0 Å². The van der Waals surface area contributed by atoms with Crippen LogP contribution in [0.15, 0.2) is 36.4 Å². The average molecular weight is 207 g/mol. The summed E-state index contributed by atoms with van der Waals surface area (Å²) in [6, 6.07) is 9.81. The minimum absolute atomic E-state index is 0.220. The molecule has 0 saturated carbocycles. The van der Waals surface area contributed by atoms with Gasteiger partial charge < -0.3 is 15.9 Å². The standard InChI is InChI=1S/C12H17NO2/c13-12(9-14,10-15)8-4-7-11-5-2-1-3-6-11/h1-7,14-15H,8-10,13H2/b7-4+. The van der Waals surface area contributed by atoms with Crippen LogP contribution in [0.2, 0.25) is 0 Å². The van der Waals surface area contributed by atoms with Crippen molar-refractivity contribution in [2.75, 3.05) is 13.2 Å². The van der Waals surface area contributed by atoms with E-state index >= 15 is 0 Å². The molecule has 0 aliphatic heterocycles. The molecule has 0 bridgehead atoms. The van der Waals surface area contributed by atoms with Gasteiger partial charge in [-0.3, -0.25) is 0 Å². The zero-order valence-corrected chi connectivity index (χ0v) is 8.63. The summed E-state index contributed by atoms with van der Waals surface area (Å²) in [7, 11) is 0. The zero-order chi connectivity index (χ0) is 11.1. The summed E-state index contributed by atoms with van der Waals surface area (Å²) in [4.78, 5) is 0. The van der Waals surface area contributed by atoms with Crippen LogP contribution in [-0.2, 0) is 0 Å². The Hall–Kier alpha value is -1.16. The third-order valence-corrected chi connectivity index (χ3v) is 2.26. The highest BCUT2D eigenvalue weighted by Crippen LogP contribution is 2.08. The Morgan fingerprint density at radius 2 is 1.73 bits per heavy atom. The van der Waals surface area contributed by atoms with Gasteiger partial charge in [0, 0.05) is 0 Å². The maximum Gasteiger partial charge on any atom is 0.0658 e. The number of benzene rings is 1. The second kappa shape index (κ2) is 5.66. The summed E-state index contributed by atoms with van der Waals surface area (Å²) in [5.74, 6) is 0. The molecule has 1 aromatic carbocycles. The molecule has 0 fully saturated rings. The third kappa shape index (κ3) is 3.83. The van der Waals surface area contributed by atoms with E-state index in [0.717, 1.165) is 5.56 Å². The van der Waals surface area contributed by atoms with Crippen LogP contribution in [0.25, 0.3) is 6.08 Å². The van der Waals surface area contributed by atoms with Gasteiger partial charge in [-0.15, -0.1) is 0 Å². The molecule has 3 heteroatoms. The van der Waals surface area contributed by atoms with Gasteiger partial charge in [-0.2, -0.15) is 0 Å². The first-order valence-corrected chi connectivity index (χ1v) is 4.92. The lowest BCUT2D eigenvalue weighted by Gasteiger charge is -2.22. The van der Waals surface area contributed by atoms with Gasteiger partial charge in [-0.25, -0.2) is 0 Å². The van der Waals surface area contributed by atoms with Gasteiger partial charge in [0.05, 0.1) is 18.8 Å². The molecule has 0 heterocycles. The zero-order valence-electron chi connectivity index (χ0n) is 8.63. The normalized spacial score (nSPS) is 12.2. The molecule has 15 heavy (non-hydrogen) atoms. The lowest BCUT2D eigenvalue weighted by atomic mass is 9.98. The Balaban J connectivity index is 2.53. The van der Waals surface area contributed by atoms with Crippen LogP contribution in [-0.4, -0.2) is 29.0 Å². The van der Waals surface area contributed by atoms with E-state index in [9.17, 15) is 0 Å². The maximum absolute atomic E-state index is 8.96. The topological polar surface area (TPSA) is 66.5 Å². The molecule has 0 unspecified atom stereocenters. The number of rotatable bonds is 5. The SMILES string of the molecule is NC(CO)(CO)C/C=C/c1ccccc1. The molecule has 1 rings (SSSR count). The summed E-state index contributed by atoms with van der Waals surface area (Å²) in [6.45, 7) is -0.439. The van der Waals surface area contributed by atoms with Crippen LogP contribution in [0.3, 0.4) is 0 Å². The summed E-state index contributed by atoms with van der Waals surface area (Å²) in [6.07, 6.45) is 4.24. The predicted octanol–water partition coefficient (Wildman–Crippen LogP) is 0.772. The molecule has 0 atom stereocenters. The molecule has 0 saturated heterocycles. The molecule has 4 N–H and O–H groups in total. The number of aliphatic hydroxyl groups excluding tert-OH is 2. The Labute approximate surface area is 89.9 Å². The molecule has 1 aromatic rings. The molecule has 0 amide bonds. The number of hydrogen-bond acceptors (Lipinski definition) is 3. The van der Waals surface area contributed by atoms with E-state index in [2.05, 4.69) is 0 Å². The largest absolute Gasteiger partial charge is 0.394 e. The van der Waals surface area contributed by atoms with Crippen molar-refractivity contribution in [1.82, 2.24) is 0 Å². The highest BCUT2D eigenvalue weighted by molar-refractivity contribution is 5.48. The second-order valence-electron chi connectivity index (χ2n) is 3.70. The van der Waals surface area contributed by atoms with E-state index in [-0.39, 0.29) is 13.2 Å². The van der Waals surface area contributed by atoms with Crippen molar-refractivity contribution in [3.63, 3.8) is 0 Å². The summed E-state index contributed by atoms with van der Waals surface area (Å²) >= 11 is 0. The van der Waals surface area contributed by atoms with Crippen molar-refractivity contribution in [3.05, 3.63) is 42.0 Å². The predicted molar refractivity (Wildman–Crippen MR) is 61.2 cm³/mol. The second-order valence-corrected chi connectivity index (χ2v) is 3.70. The van der Waals surface area contributed by atoms with Crippen LogP contribution in [0.1, 0.15) is 12.0 Å². The van der Waals surface area contributed by atoms with Crippen LogP contribution < -0.4 is 5.73 Å². The lowest BCUT2D eigenvalue weighted by Crippen LogP contribution is -2.46. The van der Waals surface area contributed by atoms with Gasteiger partial charge in [0.1, 0.15) is 0 Å². The Morgan fingerprint density at radius 1 is 1.13 bits per heavy atom. The Morgan fingerprint density at radius 3 is 2.27 bits per heavy atom. The van der Waals surface area contributed by atoms with Crippen molar-refractivity contribution in [1.29, 1.82) is 0 Å². The molecular weight excluding hydrogens is 190 g/mol. The Bertz CT molecular complexity index is 305. The van der Waals surface area contributed by atoms with E-state index in [1.54, 1.807) is 0 Å². The van der Waals surface area contributed by atoms with Crippen LogP contribution in [0.4, 0.5) is 0 Å². The van der Waals surface area contributed by atoms with Crippen molar-refractivity contribution in [2.24, 2.45) is 5.73 Å². The van der Waals surface area contributed by atoms with E-state index in [4.69, 9.17) is 15.9 Å². The molecule has 0 radical (unpaired) electrons. The third-order valence-electron chi connectivity index (χ3n) is 2.26. The number of hydrogen-bond donors (Lipinski definition) is 3. The van der Waals surface area contributed by atoms with Crippen molar-refractivity contribution in [3.8, 4) is 0 Å². The summed E-state index contributed by atoms with van der Waals surface area (Å²) in [5, 5.41) is 17.9. The van der Waals surface area contributed by atoms with Crippen LogP contribution in [0.5, 0.6) is 0 Å². The maximum atomic E-state index is 8.96. The Kier molecular flexibility index (Phi) is 4.49. The summed E-state index contributed by atoms with van der Waals surface area (Å²) in [5.41, 5.74) is 5.88. The summed E-state index contributed by atoms with van der Waals surface area (Å²) < 4.78 is 0. The van der Waals surface area contributed by atoms with E-state index < -0.39 is 5.54 Å². The molecule has 0 aliphatic carbocycles. The fraction of sp³-hybridized carbons (Fsp3) is 0.333. The fourth-order valence-electron chi connectivity index (χ4n) is 1.17. The average Bonchev–Trinajstić information content (AvgIpc) is 2.30. The van der Waals surface area contributed by atoms with E-state index in [0.29, 0.717) is 6.42 Å². The van der Waals surface area contributed by atoms with E-state index in [1.165, 1.54) is 0 Å². The number of nitrogens with two attached hydrogens (primary N) is 1. The first kappa shape index (κ1) is 11.9. The van der Waals surface area contributed by atoms with Gasteiger partial charge >= 0.3 is 0 Å². The minimum Gasteiger partial charge on any atom is -0.394 e. The van der Waals surface area contributed by atoms with Crippen molar-refractivity contribution < 1.29 is 10.2 Å². The van der Waals surface area contributed by atoms with Gasteiger partial charge in [-0.05, 0) is 12.0 Å². The monoisotopic (exact) mass is 207 g/mol. The first-order valence-electron chi connectivity index (χ1n) is 4.92. The van der Waals surface area contributed by atoms with Gasteiger partial charge in [0.25, 0.3) is 0 Å². The lowest BCUT2D eigenvalue weighted by molar-refractivity contribution is 0.123. The minimum atomic E-state index is -0.911. The van der Waals surface area contributed by atoms with Crippen LogP contribution >= 0.6 is 0 Å².